The molecule has 1 fully saturated rings. The number of rotatable bonds is 1. The molecule has 1 nitrogen and oxygen atoms in total. The largest absolute Gasteiger partial charge is 0.389 e. The maximum Gasteiger partial charge on any atom is 0.0756 e. The predicted octanol–water partition coefficient (Wildman–Crippen LogP) is 2.98. The van der Waals surface area contributed by atoms with E-state index < -0.39 is 5.60 Å². The molecule has 0 aromatic carbocycles. The highest BCUT2D eigenvalue weighted by molar-refractivity contribution is 4.98. The molecule has 1 rings (SSSR count). The Morgan fingerprint density at radius 1 is 1.36 bits per heavy atom. The third-order valence-electron chi connectivity index (χ3n) is 3.57. The van der Waals surface area contributed by atoms with Gasteiger partial charge in [0, 0.05) is 6.42 Å². The number of hydrogen-bond donors (Lipinski definition) is 1. The van der Waals surface area contributed by atoms with Crippen LogP contribution >= 0.6 is 0 Å². The first-order chi connectivity index (χ1) is 6.37. The minimum absolute atomic E-state index is 0.372. The van der Waals surface area contributed by atoms with Crippen molar-refractivity contribution in [2.24, 2.45) is 11.3 Å². The zero-order valence-corrected chi connectivity index (χ0v) is 9.64. The molecule has 1 aliphatic rings. The molecule has 0 aromatic rings. The molecule has 0 radical (unpaired) electrons. The van der Waals surface area contributed by atoms with Crippen LogP contribution in [0.5, 0.6) is 0 Å². The molecule has 80 valence electrons. The van der Waals surface area contributed by atoms with Gasteiger partial charge in [-0.3, -0.25) is 0 Å². The Hall–Kier alpha value is -0.480. The van der Waals surface area contributed by atoms with Gasteiger partial charge < -0.3 is 5.11 Å². The minimum atomic E-state index is -0.559. The fourth-order valence-electron chi connectivity index (χ4n) is 2.39. The lowest BCUT2D eigenvalue weighted by atomic mass is 9.68. The Morgan fingerprint density at radius 2 is 1.86 bits per heavy atom. The van der Waals surface area contributed by atoms with E-state index in [-0.39, 0.29) is 0 Å². The van der Waals surface area contributed by atoms with Crippen LogP contribution in [0, 0.1) is 23.7 Å². The topological polar surface area (TPSA) is 20.2 Å². The van der Waals surface area contributed by atoms with Crippen LogP contribution in [-0.2, 0) is 0 Å². The monoisotopic (exact) mass is 194 g/mol. The van der Waals surface area contributed by atoms with Crippen LogP contribution < -0.4 is 0 Å². The summed E-state index contributed by atoms with van der Waals surface area (Å²) in [7, 11) is 0. The van der Waals surface area contributed by atoms with E-state index in [0.717, 1.165) is 31.6 Å². The van der Waals surface area contributed by atoms with E-state index in [2.05, 4.69) is 26.7 Å². The summed E-state index contributed by atoms with van der Waals surface area (Å²) < 4.78 is 0. The molecule has 0 aliphatic heterocycles. The van der Waals surface area contributed by atoms with Crippen molar-refractivity contribution >= 4 is 0 Å². The maximum absolute atomic E-state index is 10.1. The van der Waals surface area contributed by atoms with Crippen LogP contribution in [0.15, 0.2) is 0 Å². The van der Waals surface area contributed by atoms with Crippen LogP contribution in [0.1, 0.15) is 52.9 Å². The zero-order chi connectivity index (χ0) is 10.8. The Kier molecular flexibility index (Phi) is 3.27. The van der Waals surface area contributed by atoms with Gasteiger partial charge in [0.25, 0.3) is 0 Å². The molecule has 0 atom stereocenters. The van der Waals surface area contributed by atoms with Gasteiger partial charge in [0.15, 0.2) is 0 Å². The standard InChI is InChI=1S/C13H22O/c1-5-8-13(14)9-6-11(7-10-13)12(2,3)4/h1,11,14H,6-10H2,2-4H3. The Labute approximate surface area is 87.9 Å². The van der Waals surface area contributed by atoms with Crippen LogP contribution in [0.2, 0.25) is 0 Å². The molecule has 0 unspecified atom stereocenters. The Balaban J connectivity index is 2.51. The van der Waals surface area contributed by atoms with E-state index >= 15 is 0 Å². The molecule has 1 heteroatoms. The maximum atomic E-state index is 10.1. The van der Waals surface area contributed by atoms with Gasteiger partial charge in [-0.2, -0.15) is 0 Å². The third-order valence-corrected chi connectivity index (χ3v) is 3.57. The van der Waals surface area contributed by atoms with Crippen LogP contribution in [-0.4, -0.2) is 10.7 Å². The molecule has 1 saturated carbocycles. The van der Waals surface area contributed by atoms with Crippen molar-refractivity contribution in [1.82, 2.24) is 0 Å². The summed E-state index contributed by atoms with van der Waals surface area (Å²) in [5.41, 5.74) is -0.187. The number of terminal acetylenes is 1. The van der Waals surface area contributed by atoms with Crippen LogP contribution in [0.25, 0.3) is 0 Å². The van der Waals surface area contributed by atoms with E-state index in [9.17, 15) is 5.11 Å². The minimum Gasteiger partial charge on any atom is -0.389 e. The fourth-order valence-corrected chi connectivity index (χ4v) is 2.39. The van der Waals surface area contributed by atoms with Crippen molar-refractivity contribution < 1.29 is 5.11 Å². The van der Waals surface area contributed by atoms with Crippen molar-refractivity contribution in [2.75, 3.05) is 0 Å². The quantitative estimate of drug-likeness (QED) is 0.636. The number of hydrogen-bond acceptors (Lipinski definition) is 1. The normalized spacial score (nSPS) is 33.8. The molecule has 1 aliphatic carbocycles. The summed E-state index contributed by atoms with van der Waals surface area (Å²) in [6.07, 6.45) is 9.75. The summed E-state index contributed by atoms with van der Waals surface area (Å²) >= 11 is 0. The van der Waals surface area contributed by atoms with Crippen LogP contribution in [0.4, 0.5) is 0 Å². The first kappa shape index (κ1) is 11.6. The van der Waals surface area contributed by atoms with Gasteiger partial charge in [-0.1, -0.05) is 20.8 Å². The van der Waals surface area contributed by atoms with Crippen molar-refractivity contribution in [1.29, 1.82) is 0 Å². The summed E-state index contributed by atoms with van der Waals surface area (Å²) in [4.78, 5) is 0. The molecule has 0 amide bonds. The van der Waals surface area contributed by atoms with Gasteiger partial charge in [0.1, 0.15) is 0 Å². The lowest BCUT2D eigenvalue weighted by Gasteiger charge is -2.40. The van der Waals surface area contributed by atoms with Gasteiger partial charge in [0.05, 0.1) is 5.60 Å². The van der Waals surface area contributed by atoms with E-state index in [1.54, 1.807) is 0 Å². The van der Waals surface area contributed by atoms with Gasteiger partial charge in [-0.05, 0) is 37.0 Å². The molecule has 14 heavy (non-hydrogen) atoms. The van der Waals surface area contributed by atoms with Crippen molar-refractivity contribution in [2.45, 2.75) is 58.5 Å². The smallest absolute Gasteiger partial charge is 0.0756 e. The lowest BCUT2D eigenvalue weighted by Crippen LogP contribution is -2.37. The molecule has 0 heterocycles. The second-order valence-corrected chi connectivity index (χ2v) is 5.75. The van der Waals surface area contributed by atoms with Crippen molar-refractivity contribution in [3.8, 4) is 12.3 Å². The Bertz CT molecular complexity index is 221. The third kappa shape index (κ3) is 2.75. The first-order valence-electron chi connectivity index (χ1n) is 5.53. The molecule has 0 aromatic heterocycles. The van der Waals surface area contributed by atoms with E-state index in [4.69, 9.17) is 6.42 Å². The van der Waals surface area contributed by atoms with Gasteiger partial charge >= 0.3 is 0 Å². The summed E-state index contributed by atoms with van der Waals surface area (Å²) in [6.45, 7) is 6.84. The molecule has 0 spiro atoms. The molecular weight excluding hydrogens is 172 g/mol. The van der Waals surface area contributed by atoms with E-state index in [0.29, 0.717) is 11.8 Å². The summed E-state index contributed by atoms with van der Waals surface area (Å²) in [5, 5.41) is 10.1. The van der Waals surface area contributed by atoms with Crippen LogP contribution in [0.3, 0.4) is 0 Å². The lowest BCUT2D eigenvalue weighted by molar-refractivity contribution is -0.0208. The van der Waals surface area contributed by atoms with Gasteiger partial charge in [0.2, 0.25) is 0 Å². The van der Waals surface area contributed by atoms with Gasteiger partial charge in [-0.25, -0.2) is 0 Å². The van der Waals surface area contributed by atoms with E-state index in [1.807, 2.05) is 0 Å². The molecule has 1 N–H and O–H groups in total. The fraction of sp³-hybridized carbons (Fsp3) is 0.846. The van der Waals surface area contributed by atoms with Crippen molar-refractivity contribution in [3.05, 3.63) is 0 Å². The molecule has 0 saturated heterocycles. The van der Waals surface area contributed by atoms with E-state index in [1.165, 1.54) is 0 Å². The Morgan fingerprint density at radius 3 is 2.21 bits per heavy atom. The molecular formula is C13H22O. The number of aliphatic hydroxyl groups is 1. The second-order valence-electron chi connectivity index (χ2n) is 5.75. The highest BCUT2D eigenvalue weighted by Gasteiger charge is 2.36. The predicted molar refractivity (Wildman–Crippen MR) is 59.8 cm³/mol. The average molecular weight is 194 g/mol. The van der Waals surface area contributed by atoms with Gasteiger partial charge in [-0.15, -0.1) is 12.3 Å². The summed E-state index contributed by atoms with van der Waals surface area (Å²) in [6, 6.07) is 0. The SMILES string of the molecule is C#CCC1(O)CCC(C(C)(C)C)CC1. The zero-order valence-electron chi connectivity index (χ0n) is 9.64. The van der Waals surface area contributed by atoms with Crippen molar-refractivity contribution in [3.63, 3.8) is 0 Å². The second kappa shape index (κ2) is 3.95. The highest BCUT2D eigenvalue weighted by Crippen LogP contribution is 2.42. The molecule has 0 bridgehead atoms. The first-order valence-corrected chi connectivity index (χ1v) is 5.53. The summed E-state index contributed by atoms with van der Waals surface area (Å²) in [5.74, 6) is 3.32. The highest BCUT2D eigenvalue weighted by atomic mass is 16.3. The average Bonchev–Trinajstić information content (AvgIpc) is 2.03.